The number of carboxylic acids is 1. The van der Waals surface area contributed by atoms with Crippen LogP contribution in [0, 0.1) is 6.92 Å². The Kier molecular flexibility index (Phi) is 4.13. The van der Waals surface area contributed by atoms with Crippen molar-refractivity contribution in [2.24, 2.45) is 0 Å². The van der Waals surface area contributed by atoms with Gasteiger partial charge < -0.3 is 14.5 Å². The Morgan fingerprint density at radius 3 is 2.71 bits per heavy atom. The molecule has 0 radical (unpaired) electrons. The van der Waals surface area contributed by atoms with Crippen molar-refractivity contribution in [2.75, 3.05) is 6.54 Å². The Balaban J connectivity index is 1.90. The number of hydrogen-bond acceptors (Lipinski definition) is 4. The number of aromatic carboxylic acids is 1. The van der Waals surface area contributed by atoms with Crippen LogP contribution in [-0.2, 0) is 13.0 Å². The standard InChI is InChI=1S/C18H20N2O4/c1-10(2)16-15(11(3)19-24-16)17(21)20-7-6-12-4-5-13(18(22)23)8-14(12)9-20/h4-5,8,10H,6-7,9H2,1-3H3,(H,22,23). The van der Waals surface area contributed by atoms with E-state index in [-0.39, 0.29) is 17.4 Å². The first-order valence-electron chi connectivity index (χ1n) is 7.99. The Bertz CT molecular complexity index is 807. The second-order valence-corrected chi connectivity index (χ2v) is 6.43. The van der Waals surface area contributed by atoms with Crippen LogP contribution in [0.15, 0.2) is 22.7 Å². The summed E-state index contributed by atoms with van der Waals surface area (Å²) in [6.45, 7) is 6.68. The van der Waals surface area contributed by atoms with Crippen LogP contribution in [0.2, 0.25) is 0 Å². The third-order valence-electron chi connectivity index (χ3n) is 4.38. The number of carbonyl (C=O) groups is 2. The van der Waals surface area contributed by atoms with E-state index in [0.717, 1.165) is 11.1 Å². The van der Waals surface area contributed by atoms with Gasteiger partial charge in [-0.05, 0) is 36.6 Å². The SMILES string of the molecule is Cc1noc(C(C)C)c1C(=O)N1CCc2ccc(C(=O)O)cc2C1. The number of aromatic nitrogens is 1. The van der Waals surface area contributed by atoms with Crippen molar-refractivity contribution in [1.29, 1.82) is 0 Å². The number of aryl methyl sites for hydroxylation is 1. The number of carbonyl (C=O) groups excluding carboxylic acids is 1. The maximum atomic E-state index is 12.9. The molecule has 126 valence electrons. The Morgan fingerprint density at radius 1 is 1.29 bits per heavy atom. The summed E-state index contributed by atoms with van der Waals surface area (Å²) in [5.74, 6) is -0.398. The van der Waals surface area contributed by atoms with Crippen LogP contribution >= 0.6 is 0 Å². The minimum atomic E-state index is -0.960. The molecule has 0 fully saturated rings. The molecular weight excluding hydrogens is 308 g/mol. The van der Waals surface area contributed by atoms with Crippen LogP contribution in [-0.4, -0.2) is 33.6 Å². The molecule has 1 N–H and O–H groups in total. The minimum Gasteiger partial charge on any atom is -0.478 e. The van der Waals surface area contributed by atoms with Crippen molar-refractivity contribution in [2.45, 2.75) is 39.7 Å². The summed E-state index contributed by atoms with van der Waals surface area (Å²) in [6, 6.07) is 5.10. The fraction of sp³-hybridized carbons (Fsp3) is 0.389. The molecule has 6 nitrogen and oxygen atoms in total. The van der Waals surface area contributed by atoms with Gasteiger partial charge in [0.25, 0.3) is 5.91 Å². The topological polar surface area (TPSA) is 83.6 Å². The minimum absolute atomic E-state index is 0.0702. The number of benzene rings is 1. The smallest absolute Gasteiger partial charge is 0.335 e. The molecule has 1 aliphatic rings. The van der Waals surface area contributed by atoms with Gasteiger partial charge in [-0.15, -0.1) is 0 Å². The van der Waals surface area contributed by atoms with Crippen LogP contribution in [0.25, 0.3) is 0 Å². The van der Waals surface area contributed by atoms with Crippen molar-refractivity contribution in [3.63, 3.8) is 0 Å². The highest BCUT2D eigenvalue weighted by Gasteiger charge is 2.29. The van der Waals surface area contributed by atoms with Gasteiger partial charge >= 0.3 is 5.97 Å². The predicted octanol–water partition coefficient (Wildman–Crippen LogP) is 3.00. The zero-order valence-electron chi connectivity index (χ0n) is 14.0. The summed E-state index contributed by atoms with van der Waals surface area (Å²) in [5, 5.41) is 13.1. The van der Waals surface area contributed by atoms with Crippen LogP contribution in [0.3, 0.4) is 0 Å². The van der Waals surface area contributed by atoms with E-state index in [9.17, 15) is 9.59 Å². The molecule has 0 spiro atoms. The molecule has 1 aliphatic heterocycles. The molecular formula is C18H20N2O4. The summed E-state index contributed by atoms with van der Waals surface area (Å²) in [5.41, 5.74) is 3.34. The maximum Gasteiger partial charge on any atom is 0.335 e. The number of carboxylic acid groups (broad SMARTS) is 1. The summed E-state index contributed by atoms with van der Waals surface area (Å²) < 4.78 is 5.31. The van der Waals surface area contributed by atoms with Crippen LogP contribution in [0.5, 0.6) is 0 Å². The van der Waals surface area contributed by atoms with Crippen LogP contribution in [0.4, 0.5) is 0 Å². The molecule has 3 rings (SSSR count). The number of nitrogens with zero attached hydrogens (tertiary/aromatic N) is 2. The number of hydrogen-bond donors (Lipinski definition) is 1. The number of rotatable bonds is 3. The Morgan fingerprint density at radius 2 is 2.04 bits per heavy atom. The van der Waals surface area contributed by atoms with Crippen molar-refractivity contribution in [3.8, 4) is 0 Å². The van der Waals surface area contributed by atoms with E-state index in [0.29, 0.717) is 36.5 Å². The molecule has 0 aliphatic carbocycles. The molecule has 6 heteroatoms. The van der Waals surface area contributed by atoms with Crippen molar-refractivity contribution in [3.05, 3.63) is 51.9 Å². The van der Waals surface area contributed by atoms with Gasteiger partial charge in [-0.25, -0.2) is 4.79 Å². The highest BCUT2D eigenvalue weighted by atomic mass is 16.5. The van der Waals surface area contributed by atoms with E-state index in [4.69, 9.17) is 9.63 Å². The molecule has 0 saturated heterocycles. The van der Waals surface area contributed by atoms with E-state index < -0.39 is 5.97 Å². The summed E-state index contributed by atoms with van der Waals surface area (Å²) in [7, 11) is 0. The first-order valence-corrected chi connectivity index (χ1v) is 7.99. The fourth-order valence-electron chi connectivity index (χ4n) is 3.06. The number of fused-ring (bicyclic) bond motifs is 1. The van der Waals surface area contributed by atoms with Gasteiger partial charge in [0, 0.05) is 19.0 Å². The van der Waals surface area contributed by atoms with E-state index in [1.807, 2.05) is 19.9 Å². The molecule has 24 heavy (non-hydrogen) atoms. The third kappa shape index (κ3) is 2.79. The van der Waals surface area contributed by atoms with E-state index in [1.54, 1.807) is 24.0 Å². The lowest BCUT2D eigenvalue weighted by Crippen LogP contribution is -2.36. The van der Waals surface area contributed by atoms with Gasteiger partial charge in [0.1, 0.15) is 5.56 Å². The first kappa shape index (κ1) is 16.2. The third-order valence-corrected chi connectivity index (χ3v) is 4.38. The lowest BCUT2D eigenvalue weighted by Gasteiger charge is -2.29. The maximum absolute atomic E-state index is 12.9. The molecule has 1 aromatic heterocycles. The van der Waals surface area contributed by atoms with Gasteiger partial charge in [0.2, 0.25) is 0 Å². The van der Waals surface area contributed by atoms with Crippen LogP contribution in [0.1, 0.15) is 63.1 Å². The highest BCUT2D eigenvalue weighted by Crippen LogP contribution is 2.27. The van der Waals surface area contributed by atoms with E-state index in [2.05, 4.69) is 5.16 Å². The quantitative estimate of drug-likeness (QED) is 0.936. The molecule has 0 bridgehead atoms. The van der Waals surface area contributed by atoms with Gasteiger partial charge in [-0.1, -0.05) is 25.1 Å². The molecule has 0 saturated carbocycles. The summed E-state index contributed by atoms with van der Waals surface area (Å²) >= 11 is 0. The van der Waals surface area contributed by atoms with Gasteiger partial charge in [-0.3, -0.25) is 4.79 Å². The van der Waals surface area contributed by atoms with E-state index >= 15 is 0 Å². The highest BCUT2D eigenvalue weighted by molar-refractivity contribution is 5.96. The van der Waals surface area contributed by atoms with Gasteiger partial charge in [0.15, 0.2) is 5.76 Å². The van der Waals surface area contributed by atoms with Crippen LogP contribution < -0.4 is 0 Å². The predicted molar refractivity (Wildman–Crippen MR) is 87.2 cm³/mol. The first-order chi connectivity index (χ1) is 11.4. The fourth-order valence-corrected chi connectivity index (χ4v) is 3.06. The average molecular weight is 328 g/mol. The summed E-state index contributed by atoms with van der Waals surface area (Å²) in [6.07, 6.45) is 0.711. The van der Waals surface area contributed by atoms with E-state index in [1.165, 1.54) is 0 Å². The lowest BCUT2D eigenvalue weighted by atomic mass is 9.96. The molecule has 1 aromatic carbocycles. The van der Waals surface area contributed by atoms with Gasteiger partial charge in [0.05, 0.1) is 11.3 Å². The number of amides is 1. The van der Waals surface area contributed by atoms with Gasteiger partial charge in [-0.2, -0.15) is 0 Å². The second kappa shape index (κ2) is 6.11. The Labute approximate surface area is 140 Å². The Hall–Kier alpha value is -2.63. The lowest BCUT2D eigenvalue weighted by molar-refractivity contribution is 0.0696. The average Bonchev–Trinajstić information content (AvgIpc) is 2.94. The monoisotopic (exact) mass is 328 g/mol. The largest absolute Gasteiger partial charge is 0.478 e. The summed E-state index contributed by atoms with van der Waals surface area (Å²) in [4.78, 5) is 25.8. The zero-order chi connectivity index (χ0) is 17.4. The normalized spacial score (nSPS) is 13.9. The molecule has 2 aromatic rings. The molecule has 0 unspecified atom stereocenters. The molecule has 1 amide bonds. The molecule has 0 atom stereocenters. The molecule has 2 heterocycles. The van der Waals surface area contributed by atoms with Crippen molar-refractivity contribution >= 4 is 11.9 Å². The van der Waals surface area contributed by atoms with Crippen molar-refractivity contribution < 1.29 is 19.2 Å². The van der Waals surface area contributed by atoms with Crippen molar-refractivity contribution in [1.82, 2.24) is 10.1 Å². The second-order valence-electron chi connectivity index (χ2n) is 6.43. The zero-order valence-corrected chi connectivity index (χ0v) is 14.0.